The van der Waals surface area contributed by atoms with Crippen LogP contribution in [-0.2, 0) is 37.4 Å². The molecule has 5 atom stereocenters. The van der Waals surface area contributed by atoms with Gasteiger partial charge in [0.15, 0.2) is 6.10 Å². The van der Waals surface area contributed by atoms with E-state index in [9.17, 15) is 24.2 Å². The number of carbonyl (C=O) groups is 2. The highest BCUT2D eigenvalue weighted by atomic mass is 31.2. The Morgan fingerprint density at radius 2 is 1.11 bits per heavy atom. The van der Waals surface area contributed by atoms with Crippen molar-refractivity contribution < 1.29 is 52.5 Å². The van der Waals surface area contributed by atoms with E-state index in [4.69, 9.17) is 23.8 Å². The molecule has 3 N–H and O–H groups in total. The molecule has 0 bridgehead atoms. The molecule has 0 aromatic heterocycles. The summed E-state index contributed by atoms with van der Waals surface area (Å²) in [5, 5.41) is 18.3. The molecule has 1 rings (SSSR count). The third-order valence-corrected chi connectivity index (χ3v) is 10.00. The SMILES string of the molecule is CCCCC/C=C\C/C=C\CCCCCCCC(=O)OC[C@H](COP(=O)(O)OC[C@@H](O)CO)OC(=O)CCC/C=C\CC1OC1C/C=C\C/C=C\CCCCC. The van der Waals surface area contributed by atoms with Crippen LogP contribution in [0.4, 0.5) is 0 Å². The molecule has 56 heavy (non-hydrogen) atoms. The third-order valence-electron chi connectivity index (χ3n) is 9.05. The average Bonchev–Trinajstić information content (AvgIpc) is 3.94. The monoisotopic (exact) mass is 811 g/mol. The third kappa shape index (κ3) is 32.7. The Morgan fingerprint density at radius 1 is 0.625 bits per heavy atom. The molecule has 1 fully saturated rings. The molecule has 3 unspecified atom stereocenters. The van der Waals surface area contributed by atoms with Gasteiger partial charge in [0.05, 0.1) is 32.0 Å². The predicted octanol–water partition coefficient (Wildman–Crippen LogP) is 10.1. The molecule has 0 aromatic rings. The lowest BCUT2D eigenvalue weighted by Crippen LogP contribution is -2.29. The highest BCUT2D eigenvalue weighted by molar-refractivity contribution is 7.47. The van der Waals surface area contributed by atoms with Gasteiger partial charge in [-0.3, -0.25) is 18.6 Å². The summed E-state index contributed by atoms with van der Waals surface area (Å²) in [5.74, 6) is -1.02. The molecule has 12 heteroatoms. The summed E-state index contributed by atoms with van der Waals surface area (Å²) in [6.45, 7) is 2.21. The van der Waals surface area contributed by atoms with E-state index in [1.165, 1.54) is 38.5 Å². The van der Waals surface area contributed by atoms with Crippen LogP contribution in [0.3, 0.4) is 0 Å². The van der Waals surface area contributed by atoms with Gasteiger partial charge in [-0.2, -0.15) is 0 Å². The Morgan fingerprint density at radius 3 is 1.71 bits per heavy atom. The van der Waals surface area contributed by atoms with Crippen LogP contribution in [0, 0.1) is 0 Å². The van der Waals surface area contributed by atoms with Gasteiger partial charge in [0.1, 0.15) is 12.7 Å². The first-order valence-corrected chi connectivity index (χ1v) is 22.9. The summed E-state index contributed by atoms with van der Waals surface area (Å²) in [6.07, 6.45) is 40.7. The van der Waals surface area contributed by atoms with Crippen molar-refractivity contribution >= 4 is 19.8 Å². The van der Waals surface area contributed by atoms with E-state index in [0.29, 0.717) is 19.3 Å². The molecule has 0 amide bonds. The van der Waals surface area contributed by atoms with Gasteiger partial charge in [0.25, 0.3) is 0 Å². The number of phosphoric ester groups is 1. The van der Waals surface area contributed by atoms with Gasteiger partial charge in [0, 0.05) is 12.8 Å². The van der Waals surface area contributed by atoms with Gasteiger partial charge in [-0.25, -0.2) is 4.57 Å². The Labute approximate surface area is 338 Å². The molecule has 0 saturated carbocycles. The van der Waals surface area contributed by atoms with Crippen LogP contribution in [0.15, 0.2) is 60.8 Å². The number of allylic oxidation sites excluding steroid dienone is 8. The summed E-state index contributed by atoms with van der Waals surface area (Å²) in [4.78, 5) is 35.0. The number of ether oxygens (including phenoxy) is 3. The number of phosphoric acid groups is 1. The van der Waals surface area contributed by atoms with Crippen molar-refractivity contribution in [1.29, 1.82) is 0 Å². The van der Waals surface area contributed by atoms with E-state index in [2.05, 4.69) is 73.1 Å². The fourth-order valence-corrected chi connectivity index (χ4v) is 6.37. The van der Waals surface area contributed by atoms with Crippen LogP contribution < -0.4 is 0 Å². The van der Waals surface area contributed by atoms with Gasteiger partial charge in [0.2, 0.25) is 0 Å². The van der Waals surface area contributed by atoms with Crippen LogP contribution in [0.5, 0.6) is 0 Å². The second-order valence-electron chi connectivity index (χ2n) is 14.4. The van der Waals surface area contributed by atoms with Crippen LogP contribution >= 0.6 is 7.82 Å². The molecule has 1 heterocycles. The minimum atomic E-state index is -4.64. The second kappa shape index (κ2) is 35.8. The van der Waals surface area contributed by atoms with Crippen molar-refractivity contribution in [2.45, 2.75) is 180 Å². The number of hydrogen-bond acceptors (Lipinski definition) is 10. The molecule has 0 aliphatic carbocycles. The molecular formula is C44H75O11P. The van der Waals surface area contributed by atoms with Gasteiger partial charge < -0.3 is 29.3 Å². The van der Waals surface area contributed by atoms with Crippen molar-refractivity contribution in [2.75, 3.05) is 26.4 Å². The van der Waals surface area contributed by atoms with Gasteiger partial charge in [-0.05, 0) is 83.5 Å². The molecule has 11 nitrogen and oxygen atoms in total. The second-order valence-corrected chi connectivity index (χ2v) is 15.8. The molecule has 0 aromatic carbocycles. The number of carbonyl (C=O) groups excluding carboxylic acids is 2. The zero-order valence-electron chi connectivity index (χ0n) is 34.5. The first-order valence-electron chi connectivity index (χ1n) is 21.4. The number of aliphatic hydroxyl groups is 2. The standard InChI is InChI=1S/C44H75O11P/c1-3-5-7-9-11-13-14-15-16-17-18-20-22-24-29-33-43(47)51-37-40(38-53-56(49,50)52-36-39(46)35-45)54-44(48)34-30-26-25-28-32-42-41(55-42)31-27-23-21-19-12-10-8-6-4-2/h11-13,15-16,19,23,25,27-28,39-42,45-46H,3-10,14,17-18,20-22,24,26,29-38H2,1-2H3,(H,49,50)/b13-11-,16-15-,19-12-,27-23-,28-25-/t39-,40+,41?,42?/m0/s1. The summed E-state index contributed by atoms with van der Waals surface area (Å²) in [7, 11) is -4.64. The lowest BCUT2D eigenvalue weighted by molar-refractivity contribution is -0.161. The maximum atomic E-state index is 12.6. The summed E-state index contributed by atoms with van der Waals surface area (Å²) in [6, 6.07) is 0. The summed E-state index contributed by atoms with van der Waals surface area (Å²) >= 11 is 0. The van der Waals surface area contributed by atoms with Crippen molar-refractivity contribution in [1.82, 2.24) is 0 Å². The molecule has 1 aliphatic rings. The smallest absolute Gasteiger partial charge is 0.462 e. The lowest BCUT2D eigenvalue weighted by atomic mass is 10.1. The van der Waals surface area contributed by atoms with Crippen LogP contribution in [0.25, 0.3) is 0 Å². The number of esters is 2. The average molecular weight is 811 g/mol. The zero-order chi connectivity index (χ0) is 41.0. The largest absolute Gasteiger partial charge is 0.472 e. The molecule has 1 aliphatic heterocycles. The minimum Gasteiger partial charge on any atom is -0.462 e. The van der Waals surface area contributed by atoms with E-state index in [1.54, 1.807) is 0 Å². The maximum Gasteiger partial charge on any atom is 0.472 e. The molecule has 0 spiro atoms. The first-order chi connectivity index (χ1) is 27.2. The highest BCUT2D eigenvalue weighted by Gasteiger charge is 2.36. The van der Waals surface area contributed by atoms with Crippen molar-refractivity contribution in [3.8, 4) is 0 Å². The predicted molar refractivity (Wildman–Crippen MR) is 223 cm³/mol. The number of hydrogen-bond donors (Lipinski definition) is 3. The molecule has 322 valence electrons. The fourth-order valence-electron chi connectivity index (χ4n) is 5.59. The maximum absolute atomic E-state index is 12.6. The van der Waals surface area contributed by atoms with Gasteiger partial charge in [-0.15, -0.1) is 0 Å². The lowest BCUT2D eigenvalue weighted by Gasteiger charge is -2.20. The first kappa shape index (κ1) is 51.6. The Hall–Kier alpha value is -2.37. The van der Waals surface area contributed by atoms with E-state index in [-0.39, 0.29) is 31.7 Å². The highest BCUT2D eigenvalue weighted by Crippen LogP contribution is 2.43. The Bertz CT molecular complexity index is 1180. The Balaban J connectivity index is 2.33. The van der Waals surface area contributed by atoms with Gasteiger partial charge in [-0.1, -0.05) is 120 Å². The van der Waals surface area contributed by atoms with Crippen LogP contribution in [-0.4, -0.2) is 77.9 Å². The summed E-state index contributed by atoms with van der Waals surface area (Å²) < 4.78 is 38.4. The minimum absolute atomic E-state index is 0.0944. The number of epoxide rings is 1. The van der Waals surface area contributed by atoms with E-state index in [1.807, 2.05) is 6.08 Å². The topological polar surface area (TPSA) is 161 Å². The van der Waals surface area contributed by atoms with E-state index < -0.39 is 51.8 Å². The quantitative estimate of drug-likeness (QED) is 0.0179. The normalized spacial score (nSPS) is 18.1. The summed E-state index contributed by atoms with van der Waals surface area (Å²) in [5.41, 5.74) is 0. The van der Waals surface area contributed by atoms with E-state index >= 15 is 0 Å². The number of rotatable bonds is 38. The molecular weight excluding hydrogens is 735 g/mol. The van der Waals surface area contributed by atoms with Crippen molar-refractivity contribution in [3.05, 3.63) is 60.8 Å². The number of aliphatic hydroxyl groups excluding tert-OH is 2. The van der Waals surface area contributed by atoms with Crippen molar-refractivity contribution in [2.24, 2.45) is 0 Å². The fraction of sp³-hybridized carbons (Fsp3) is 0.727. The van der Waals surface area contributed by atoms with E-state index in [0.717, 1.165) is 70.6 Å². The molecule has 0 radical (unpaired) electrons. The number of unbranched alkanes of at least 4 members (excludes halogenated alkanes) is 12. The van der Waals surface area contributed by atoms with Crippen LogP contribution in [0.1, 0.15) is 155 Å². The van der Waals surface area contributed by atoms with Gasteiger partial charge >= 0.3 is 19.8 Å². The molecule has 1 saturated heterocycles. The zero-order valence-corrected chi connectivity index (χ0v) is 35.4. The Kier molecular flexibility index (Phi) is 33.0. The van der Waals surface area contributed by atoms with Crippen molar-refractivity contribution in [3.63, 3.8) is 0 Å². The van der Waals surface area contributed by atoms with Crippen LogP contribution in [0.2, 0.25) is 0 Å².